The van der Waals surface area contributed by atoms with E-state index < -0.39 is 6.04 Å². The van der Waals surface area contributed by atoms with Gasteiger partial charge in [0.2, 0.25) is 5.91 Å². The third-order valence-electron chi connectivity index (χ3n) is 3.32. The number of likely N-dealkylation sites (tertiary alicyclic amines) is 1. The Morgan fingerprint density at radius 1 is 1.56 bits per heavy atom. The molecule has 16 heavy (non-hydrogen) atoms. The highest BCUT2D eigenvalue weighted by Gasteiger charge is 2.39. The smallest absolute Gasteiger partial charge is 0.241 e. The molecule has 0 aromatic rings. The lowest BCUT2D eigenvalue weighted by Gasteiger charge is -2.39. The number of hydrogen-bond donors (Lipinski definition) is 3. The molecule has 6 heteroatoms. The van der Waals surface area contributed by atoms with Gasteiger partial charge >= 0.3 is 0 Å². The van der Waals surface area contributed by atoms with E-state index in [2.05, 4.69) is 5.32 Å². The van der Waals surface area contributed by atoms with Gasteiger partial charge in [-0.25, -0.2) is 0 Å². The van der Waals surface area contributed by atoms with Crippen molar-refractivity contribution < 1.29 is 9.90 Å². The maximum atomic E-state index is 11.7. The summed E-state index contributed by atoms with van der Waals surface area (Å²) in [7, 11) is 0. The van der Waals surface area contributed by atoms with Crippen molar-refractivity contribution in [3.8, 4) is 0 Å². The van der Waals surface area contributed by atoms with Crippen LogP contribution in [0.2, 0.25) is 0 Å². The molecule has 1 unspecified atom stereocenters. The molecule has 0 aromatic heterocycles. The molecule has 0 aliphatic carbocycles. The Bertz CT molecular complexity index is 259. The molecule has 2 rings (SSSR count). The van der Waals surface area contributed by atoms with Crippen LogP contribution in [0, 0.1) is 0 Å². The molecule has 0 radical (unpaired) electrons. The van der Waals surface area contributed by atoms with Crippen molar-refractivity contribution in [2.45, 2.75) is 23.8 Å². The van der Waals surface area contributed by atoms with Crippen molar-refractivity contribution in [1.29, 1.82) is 0 Å². The number of nitrogens with zero attached hydrogens (tertiary/aromatic N) is 1. The van der Waals surface area contributed by atoms with E-state index in [1.54, 1.807) is 4.90 Å². The van der Waals surface area contributed by atoms with Crippen molar-refractivity contribution in [1.82, 2.24) is 10.2 Å². The summed E-state index contributed by atoms with van der Waals surface area (Å²) in [5.41, 5.74) is 5.53. The normalized spacial score (nSPS) is 26.0. The number of aliphatic hydroxyl groups excluding tert-OH is 1. The van der Waals surface area contributed by atoms with Gasteiger partial charge in [-0.1, -0.05) is 0 Å². The fourth-order valence-corrected chi connectivity index (χ4v) is 3.57. The van der Waals surface area contributed by atoms with E-state index in [9.17, 15) is 4.79 Å². The van der Waals surface area contributed by atoms with Crippen LogP contribution in [0.5, 0.6) is 0 Å². The summed E-state index contributed by atoms with van der Waals surface area (Å²) in [6.07, 6.45) is 1.95. The lowest BCUT2D eigenvalue weighted by molar-refractivity contribution is -0.134. The first kappa shape index (κ1) is 12.2. The van der Waals surface area contributed by atoms with Crippen molar-refractivity contribution >= 4 is 17.7 Å². The molecule has 4 N–H and O–H groups in total. The highest BCUT2D eigenvalue weighted by atomic mass is 32.2. The van der Waals surface area contributed by atoms with Crippen LogP contribution in [0.25, 0.3) is 0 Å². The largest absolute Gasteiger partial charge is 0.394 e. The van der Waals surface area contributed by atoms with E-state index in [1.807, 2.05) is 11.8 Å². The molecule has 92 valence electrons. The van der Waals surface area contributed by atoms with E-state index in [-0.39, 0.29) is 17.4 Å². The zero-order valence-corrected chi connectivity index (χ0v) is 10.1. The van der Waals surface area contributed by atoms with E-state index in [0.29, 0.717) is 0 Å². The fraction of sp³-hybridized carbons (Fsp3) is 0.900. The predicted octanol–water partition coefficient (Wildman–Crippen LogP) is -1.04. The van der Waals surface area contributed by atoms with Gasteiger partial charge in [-0.3, -0.25) is 4.79 Å². The van der Waals surface area contributed by atoms with Crippen LogP contribution in [0.15, 0.2) is 0 Å². The zero-order valence-electron chi connectivity index (χ0n) is 9.32. The van der Waals surface area contributed by atoms with Crippen molar-refractivity contribution in [3.05, 3.63) is 0 Å². The third-order valence-corrected chi connectivity index (χ3v) is 4.84. The van der Waals surface area contributed by atoms with Crippen molar-refractivity contribution in [3.63, 3.8) is 0 Å². The second-order valence-corrected chi connectivity index (χ2v) is 5.86. The minimum Gasteiger partial charge on any atom is -0.394 e. The van der Waals surface area contributed by atoms with E-state index in [4.69, 9.17) is 10.8 Å². The molecule has 5 nitrogen and oxygen atoms in total. The van der Waals surface area contributed by atoms with Crippen LogP contribution in [-0.2, 0) is 4.79 Å². The lowest BCUT2D eigenvalue weighted by Crippen LogP contribution is -2.54. The summed E-state index contributed by atoms with van der Waals surface area (Å²) in [4.78, 5) is 13.7. The fourth-order valence-electron chi connectivity index (χ4n) is 2.30. The van der Waals surface area contributed by atoms with Gasteiger partial charge in [0, 0.05) is 25.4 Å². The van der Waals surface area contributed by atoms with Gasteiger partial charge in [0.25, 0.3) is 0 Å². The molecule has 2 saturated heterocycles. The molecular formula is C10H19N3O2S. The third kappa shape index (κ3) is 2.34. The molecule has 0 bridgehead atoms. The second-order valence-electron chi connectivity index (χ2n) is 4.38. The first-order valence-corrected chi connectivity index (χ1v) is 6.70. The van der Waals surface area contributed by atoms with E-state index >= 15 is 0 Å². The minimum atomic E-state index is -0.752. The van der Waals surface area contributed by atoms with Crippen molar-refractivity contribution in [2.75, 3.05) is 32.0 Å². The molecule has 1 atom stereocenters. The molecule has 2 fully saturated rings. The van der Waals surface area contributed by atoms with Gasteiger partial charge in [-0.2, -0.15) is 0 Å². The maximum absolute atomic E-state index is 11.7. The molecule has 0 saturated carbocycles. The number of aliphatic hydroxyl groups is 1. The van der Waals surface area contributed by atoms with Gasteiger partial charge in [0.05, 0.1) is 11.5 Å². The zero-order chi connectivity index (χ0) is 11.6. The number of hydrogen-bond acceptors (Lipinski definition) is 5. The summed E-state index contributed by atoms with van der Waals surface area (Å²) < 4.78 is 0. The Morgan fingerprint density at radius 2 is 2.25 bits per heavy atom. The Labute approximate surface area is 99.7 Å². The summed E-state index contributed by atoms with van der Waals surface area (Å²) >= 11 is 1.96. The van der Waals surface area contributed by atoms with E-state index in [1.165, 1.54) is 0 Å². The van der Waals surface area contributed by atoms with E-state index in [0.717, 1.165) is 38.2 Å². The lowest BCUT2D eigenvalue weighted by atomic mass is 10.0. The molecule has 2 aliphatic heterocycles. The predicted molar refractivity (Wildman–Crippen MR) is 64.1 cm³/mol. The monoisotopic (exact) mass is 245 g/mol. The molecule has 1 amide bonds. The number of piperidine rings is 1. The van der Waals surface area contributed by atoms with Gasteiger partial charge in [0.1, 0.15) is 6.04 Å². The van der Waals surface area contributed by atoms with Gasteiger partial charge in [0.15, 0.2) is 0 Å². The maximum Gasteiger partial charge on any atom is 0.241 e. The number of carbonyl (C=O) groups is 1. The Kier molecular flexibility index (Phi) is 3.73. The van der Waals surface area contributed by atoms with Crippen LogP contribution < -0.4 is 11.1 Å². The van der Waals surface area contributed by atoms with Crippen LogP contribution in [0.1, 0.15) is 12.8 Å². The van der Waals surface area contributed by atoms with Crippen LogP contribution in [0.3, 0.4) is 0 Å². The minimum absolute atomic E-state index is 0.125. The number of rotatable bonds is 2. The standard InChI is InChI=1S/C10H19N3O2S/c11-8(7-14)9(15)13-4-1-10(2-5-13)12-3-6-16-10/h8,12,14H,1-7,11H2. The molecule has 0 aromatic carbocycles. The quantitative estimate of drug-likeness (QED) is 0.579. The van der Waals surface area contributed by atoms with Crippen molar-refractivity contribution in [2.24, 2.45) is 5.73 Å². The number of nitrogens with two attached hydrogens (primary N) is 1. The number of amides is 1. The van der Waals surface area contributed by atoms with Crippen LogP contribution in [0.4, 0.5) is 0 Å². The second kappa shape index (κ2) is 4.91. The van der Waals surface area contributed by atoms with Crippen LogP contribution >= 0.6 is 11.8 Å². The first-order chi connectivity index (χ1) is 7.67. The molecule has 1 spiro atoms. The average Bonchev–Trinajstić information content (AvgIpc) is 2.77. The highest BCUT2D eigenvalue weighted by molar-refractivity contribution is 8.00. The molecule has 2 heterocycles. The average molecular weight is 245 g/mol. The Balaban J connectivity index is 1.87. The molecular weight excluding hydrogens is 226 g/mol. The number of nitrogens with one attached hydrogen (secondary N) is 1. The topological polar surface area (TPSA) is 78.6 Å². The van der Waals surface area contributed by atoms with Gasteiger partial charge in [-0.05, 0) is 12.8 Å². The van der Waals surface area contributed by atoms with Gasteiger partial charge in [-0.15, -0.1) is 11.8 Å². The summed E-state index contributed by atoms with van der Waals surface area (Å²) in [5.74, 6) is 1.03. The first-order valence-electron chi connectivity index (χ1n) is 5.71. The molecule has 2 aliphatic rings. The van der Waals surface area contributed by atoms with Crippen LogP contribution in [-0.4, -0.2) is 58.8 Å². The highest BCUT2D eigenvalue weighted by Crippen LogP contribution is 2.36. The Hall–Kier alpha value is -0.300. The Morgan fingerprint density at radius 3 is 2.75 bits per heavy atom. The summed E-state index contributed by atoms with van der Waals surface area (Å²) in [6.45, 7) is 2.28. The summed E-state index contributed by atoms with van der Waals surface area (Å²) in [5, 5.41) is 12.4. The van der Waals surface area contributed by atoms with Gasteiger partial charge < -0.3 is 21.1 Å². The summed E-state index contributed by atoms with van der Waals surface area (Å²) in [6, 6.07) is -0.752. The SMILES string of the molecule is NC(CO)C(=O)N1CCC2(CC1)NCCS2. The number of thioether (sulfide) groups is 1. The number of carbonyl (C=O) groups excluding carboxylic acids is 1.